The van der Waals surface area contributed by atoms with Crippen molar-refractivity contribution in [2.45, 2.75) is 19.1 Å². The molecule has 146 valence electrons. The second kappa shape index (κ2) is 7.02. The average molecular weight is 386 g/mol. The number of aromatic nitrogens is 3. The number of rotatable bonds is 4. The van der Waals surface area contributed by atoms with Gasteiger partial charge in [0.25, 0.3) is 0 Å². The van der Waals surface area contributed by atoms with Gasteiger partial charge in [-0.3, -0.25) is 9.59 Å². The van der Waals surface area contributed by atoms with E-state index in [2.05, 4.69) is 10.1 Å². The third-order valence-corrected chi connectivity index (χ3v) is 4.08. The molecule has 0 spiro atoms. The van der Waals surface area contributed by atoms with Crippen LogP contribution in [0.5, 0.6) is 0 Å². The number of amides is 1. The number of ether oxygens (including phenoxy) is 1. The zero-order valence-electron chi connectivity index (χ0n) is 14.2. The SMILES string of the molecule is CCOC(=O)C1CN(c2ccc3nc(NC(=O)C(F)(F)F)cn3n2)CC1N. The normalized spacial score (nSPS) is 20.1. The largest absolute Gasteiger partial charge is 0.471 e. The number of alkyl halides is 3. The second-order valence-electron chi connectivity index (χ2n) is 6.00. The lowest BCUT2D eigenvalue weighted by atomic mass is 10.1. The Bertz CT molecular complexity index is 868. The molecule has 1 saturated heterocycles. The first kappa shape index (κ1) is 18.9. The molecule has 0 saturated carbocycles. The molecule has 3 heterocycles. The van der Waals surface area contributed by atoms with E-state index in [0.717, 1.165) is 0 Å². The number of hydrogen-bond donors (Lipinski definition) is 2. The molecule has 0 bridgehead atoms. The summed E-state index contributed by atoms with van der Waals surface area (Å²) in [5.74, 6) is -2.80. The Morgan fingerprint density at radius 2 is 2.11 bits per heavy atom. The van der Waals surface area contributed by atoms with Gasteiger partial charge >= 0.3 is 18.1 Å². The minimum atomic E-state index is -5.01. The maximum atomic E-state index is 12.3. The minimum absolute atomic E-state index is 0.252. The Morgan fingerprint density at radius 3 is 2.78 bits per heavy atom. The predicted molar refractivity (Wildman–Crippen MR) is 88.0 cm³/mol. The van der Waals surface area contributed by atoms with Gasteiger partial charge in [0.05, 0.1) is 18.7 Å². The highest BCUT2D eigenvalue weighted by Crippen LogP contribution is 2.24. The summed E-state index contributed by atoms with van der Waals surface area (Å²) in [7, 11) is 0. The van der Waals surface area contributed by atoms with Crippen molar-refractivity contribution in [3.05, 3.63) is 18.3 Å². The summed E-state index contributed by atoms with van der Waals surface area (Å²) >= 11 is 0. The monoisotopic (exact) mass is 386 g/mol. The summed E-state index contributed by atoms with van der Waals surface area (Å²) in [6.07, 6.45) is -3.84. The fourth-order valence-corrected chi connectivity index (χ4v) is 2.80. The van der Waals surface area contributed by atoms with Gasteiger partial charge in [-0.05, 0) is 19.1 Å². The standard InChI is InChI=1S/C15H17F3N6O3/c1-2-27-13(25)8-5-23(6-9(8)19)12-4-3-11-20-10(7-24(11)22-12)21-14(26)15(16,17)18/h3-4,7-9H,2,5-6,19H2,1H3,(H,21,26). The molecule has 12 heteroatoms. The van der Waals surface area contributed by atoms with Crippen LogP contribution in [0.3, 0.4) is 0 Å². The van der Waals surface area contributed by atoms with Gasteiger partial charge in [-0.25, -0.2) is 9.50 Å². The maximum absolute atomic E-state index is 12.3. The van der Waals surface area contributed by atoms with Gasteiger partial charge in [-0.2, -0.15) is 13.2 Å². The number of nitrogens with zero attached hydrogens (tertiary/aromatic N) is 4. The first-order valence-electron chi connectivity index (χ1n) is 8.10. The third kappa shape index (κ3) is 3.94. The number of carbonyl (C=O) groups is 2. The summed E-state index contributed by atoms with van der Waals surface area (Å²) in [5, 5.41) is 5.93. The molecule has 3 rings (SSSR count). The van der Waals surface area contributed by atoms with Gasteiger partial charge in [0, 0.05) is 19.1 Å². The molecule has 1 amide bonds. The Balaban J connectivity index is 1.77. The van der Waals surface area contributed by atoms with Crippen molar-refractivity contribution in [2.24, 2.45) is 11.7 Å². The highest BCUT2D eigenvalue weighted by atomic mass is 19.4. The lowest BCUT2D eigenvalue weighted by molar-refractivity contribution is -0.167. The summed E-state index contributed by atoms with van der Waals surface area (Å²) in [6, 6.07) is 2.72. The molecule has 2 unspecified atom stereocenters. The lowest BCUT2D eigenvalue weighted by Gasteiger charge is -2.16. The summed E-state index contributed by atoms with van der Waals surface area (Å²) < 4.78 is 43.2. The van der Waals surface area contributed by atoms with Crippen molar-refractivity contribution in [3.63, 3.8) is 0 Å². The van der Waals surface area contributed by atoms with Crippen LogP contribution in [-0.2, 0) is 14.3 Å². The summed E-state index contributed by atoms with van der Waals surface area (Å²) in [5.41, 5.74) is 6.26. The molecular formula is C15H17F3N6O3. The number of anilines is 2. The number of nitrogens with two attached hydrogens (primary N) is 1. The zero-order chi connectivity index (χ0) is 19.8. The quantitative estimate of drug-likeness (QED) is 0.738. The smallest absolute Gasteiger partial charge is 0.466 e. The van der Waals surface area contributed by atoms with Crippen LogP contribution in [0.15, 0.2) is 18.3 Å². The van der Waals surface area contributed by atoms with E-state index in [0.29, 0.717) is 18.9 Å². The Kier molecular flexibility index (Phi) is 4.91. The van der Waals surface area contributed by atoms with Crippen LogP contribution in [0, 0.1) is 5.92 Å². The van der Waals surface area contributed by atoms with Crippen molar-refractivity contribution >= 4 is 29.2 Å². The molecular weight excluding hydrogens is 369 g/mol. The second-order valence-corrected chi connectivity index (χ2v) is 6.00. The molecule has 0 aromatic carbocycles. The van der Waals surface area contributed by atoms with Crippen LogP contribution in [0.1, 0.15) is 6.92 Å². The van der Waals surface area contributed by atoms with Gasteiger partial charge < -0.3 is 20.7 Å². The van der Waals surface area contributed by atoms with Crippen LogP contribution < -0.4 is 16.0 Å². The number of nitrogens with one attached hydrogen (secondary N) is 1. The highest BCUT2D eigenvalue weighted by molar-refractivity contribution is 5.94. The molecule has 0 aliphatic carbocycles. The molecule has 2 aromatic heterocycles. The molecule has 1 fully saturated rings. The first-order valence-corrected chi connectivity index (χ1v) is 8.10. The maximum Gasteiger partial charge on any atom is 0.471 e. The van der Waals surface area contributed by atoms with Gasteiger partial charge in [0.15, 0.2) is 11.5 Å². The zero-order valence-corrected chi connectivity index (χ0v) is 14.2. The number of halogens is 3. The van der Waals surface area contributed by atoms with Crippen LogP contribution >= 0.6 is 0 Å². The molecule has 9 nitrogen and oxygen atoms in total. The molecule has 2 atom stereocenters. The van der Waals surface area contributed by atoms with E-state index in [1.54, 1.807) is 23.2 Å². The Morgan fingerprint density at radius 1 is 1.37 bits per heavy atom. The highest BCUT2D eigenvalue weighted by Gasteiger charge is 2.39. The number of carbonyl (C=O) groups excluding carboxylic acids is 2. The van der Waals surface area contributed by atoms with Gasteiger partial charge in [0.2, 0.25) is 0 Å². The summed E-state index contributed by atoms with van der Waals surface area (Å²) in [6.45, 7) is 2.65. The third-order valence-electron chi connectivity index (χ3n) is 4.08. The number of imidazole rings is 1. The van der Waals surface area contributed by atoms with Gasteiger partial charge in [-0.15, -0.1) is 5.10 Å². The van der Waals surface area contributed by atoms with E-state index >= 15 is 0 Å². The molecule has 27 heavy (non-hydrogen) atoms. The molecule has 1 aliphatic rings. The van der Waals surface area contributed by atoms with Crippen molar-refractivity contribution < 1.29 is 27.5 Å². The minimum Gasteiger partial charge on any atom is -0.466 e. The molecule has 3 N–H and O–H groups in total. The van der Waals surface area contributed by atoms with E-state index in [1.165, 1.54) is 16.8 Å². The summed E-state index contributed by atoms with van der Waals surface area (Å²) in [4.78, 5) is 28.6. The van der Waals surface area contributed by atoms with E-state index < -0.39 is 24.0 Å². The predicted octanol–water partition coefficient (Wildman–Crippen LogP) is 0.557. The van der Waals surface area contributed by atoms with Gasteiger partial charge in [0.1, 0.15) is 5.82 Å². The van der Waals surface area contributed by atoms with Crippen LogP contribution in [-0.4, -0.2) is 58.4 Å². The first-order chi connectivity index (χ1) is 12.7. The van der Waals surface area contributed by atoms with Crippen LogP contribution in [0.4, 0.5) is 24.8 Å². The van der Waals surface area contributed by atoms with E-state index in [-0.39, 0.29) is 24.0 Å². The number of hydrogen-bond acceptors (Lipinski definition) is 7. The molecule has 0 radical (unpaired) electrons. The molecule has 2 aromatic rings. The van der Waals surface area contributed by atoms with Crippen molar-refractivity contribution in [3.8, 4) is 0 Å². The van der Waals surface area contributed by atoms with Crippen LogP contribution in [0.25, 0.3) is 5.65 Å². The topological polar surface area (TPSA) is 115 Å². The Hall–Kier alpha value is -2.89. The number of esters is 1. The van der Waals surface area contributed by atoms with E-state index in [1.807, 2.05) is 0 Å². The Labute approximate surface area is 151 Å². The fourth-order valence-electron chi connectivity index (χ4n) is 2.80. The molecule has 1 aliphatic heterocycles. The van der Waals surface area contributed by atoms with Crippen molar-refractivity contribution in [2.75, 3.05) is 29.9 Å². The van der Waals surface area contributed by atoms with Gasteiger partial charge in [-0.1, -0.05) is 0 Å². The lowest BCUT2D eigenvalue weighted by Crippen LogP contribution is -2.35. The fraction of sp³-hybridized carbons (Fsp3) is 0.467. The number of fused-ring (bicyclic) bond motifs is 1. The van der Waals surface area contributed by atoms with Crippen molar-refractivity contribution in [1.29, 1.82) is 0 Å². The average Bonchev–Trinajstić information content (AvgIpc) is 3.16. The van der Waals surface area contributed by atoms with Crippen LogP contribution in [0.2, 0.25) is 0 Å². The van der Waals surface area contributed by atoms with E-state index in [4.69, 9.17) is 10.5 Å². The van der Waals surface area contributed by atoms with Crippen molar-refractivity contribution in [1.82, 2.24) is 14.6 Å². The van der Waals surface area contributed by atoms with E-state index in [9.17, 15) is 22.8 Å².